The summed E-state index contributed by atoms with van der Waals surface area (Å²) in [6.45, 7) is 2.22. The predicted molar refractivity (Wildman–Crippen MR) is 99.5 cm³/mol. The van der Waals surface area contributed by atoms with Crippen LogP contribution >= 0.6 is 0 Å². The number of piperazine rings is 1. The molecule has 4 rings (SSSR count). The Kier molecular flexibility index (Phi) is 4.50. The second kappa shape index (κ2) is 7.09. The molecule has 1 aliphatic heterocycles. The minimum atomic E-state index is -0.0123. The standard InChI is InChI=1S/C20H21N5O/c1-24-10-11-25(14-19(24)15-6-3-2-4-7-15)20(26)18-12-17(22-23-18)16-8-5-9-21-13-16/h2-9,12-13,19H,10-11,14H2,1H3,(H,22,23). The van der Waals surface area contributed by atoms with Crippen molar-refractivity contribution in [2.75, 3.05) is 26.7 Å². The molecule has 1 unspecified atom stereocenters. The molecule has 0 bridgehead atoms. The molecule has 3 aromatic rings. The van der Waals surface area contributed by atoms with Crippen LogP contribution < -0.4 is 0 Å². The second-order valence-corrected chi connectivity index (χ2v) is 6.57. The number of aromatic amines is 1. The van der Waals surface area contributed by atoms with Crippen molar-refractivity contribution in [2.24, 2.45) is 0 Å². The van der Waals surface area contributed by atoms with Gasteiger partial charge in [-0.25, -0.2) is 0 Å². The second-order valence-electron chi connectivity index (χ2n) is 6.57. The number of aromatic nitrogens is 3. The van der Waals surface area contributed by atoms with Gasteiger partial charge in [-0.1, -0.05) is 30.3 Å². The first-order chi connectivity index (χ1) is 12.7. The molecular formula is C20H21N5O. The summed E-state index contributed by atoms with van der Waals surface area (Å²) >= 11 is 0. The van der Waals surface area contributed by atoms with Crippen molar-refractivity contribution in [1.29, 1.82) is 0 Å². The number of carbonyl (C=O) groups is 1. The molecule has 132 valence electrons. The third-order valence-electron chi connectivity index (χ3n) is 4.89. The molecule has 1 N–H and O–H groups in total. The zero-order chi connectivity index (χ0) is 17.9. The SMILES string of the molecule is CN1CCN(C(=O)c2cc(-c3cccnc3)n[nH]2)CC1c1ccccc1. The summed E-state index contributed by atoms with van der Waals surface area (Å²) in [6.07, 6.45) is 3.46. The maximum Gasteiger partial charge on any atom is 0.271 e. The zero-order valence-corrected chi connectivity index (χ0v) is 14.7. The van der Waals surface area contributed by atoms with E-state index in [9.17, 15) is 4.79 Å². The minimum Gasteiger partial charge on any atom is -0.334 e. The van der Waals surface area contributed by atoms with Crippen LogP contribution in [0.5, 0.6) is 0 Å². The number of rotatable bonds is 3. The van der Waals surface area contributed by atoms with Gasteiger partial charge >= 0.3 is 0 Å². The monoisotopic (exact) mass is 347 g/mol. The Morgan fingerprint density at radius 3 is 2.77 bits per heavy atom. The Morgan fingerprint density at radius 2 is 2.00 bits per heavy atom. The van der Waals surface area contributed by atoms with E-state index in [1.807, 2.05) is 35.2 Å². The molecule has 0 saturated carbocycles. The molecule has 0 spiro atoms. The number of likely N-dealkylation sites (N-methyl/N-ethyl adjacent to an activating group) is 1. The van der Waals surface area contributed by atoms with Crippen molar-refractivity contribution < 1.29 is 4.79 Å². The highest BCUT2D eigenvalue weighted by atomic mass is 16.2. The highest BCUT2D eigenvalue weighted by molar-refractivity contribution is 5.93. The fourth-order valence-corrected chi connectivity index (χ4v) is 3.36. The van der Waals surface area contributed by atoms with Gasteiger partial charge in [0, 0.05) is 37.6 Å². The number of amides is 1. The number of hydrogen-bond acceptors (Lipinski definition) is 4. The van der Waals surface area contributed by atoms with E-state index >= 15 is 0 Å². The van der Waals surface area contributed by atoms with Crippen molar-refractivity contribution in [2.45, 2.75) is 6.04 Å². The number of nitrogens with zero attached hydrogens (tertiary/aromatic N) is 4. The molecule has 0 aliphatic carbocycles. The molecule has 1 atom stereocenters. The molecule has 6 heteroatoms. The van der Waals surface area contributed by atoms with E-state index in [0.29, 0.717) is 18.8 Å². The third-order valence-corrected chi connectivity index (χ3v) is 4.89. The van der Waals surface area contributed by atoms with Gasteiger partial charge in [0.2, 0.25) is 0 Å². The van der Waals surface area contributed by atoms with Crippen LogP contribution in [0.2, 0.25) is 0 Å². The number of pyridine rings is 1. The minimum absolute atomic E-state index is 0.0123. The van der Waals surface area contributed by atoms with Crippen molar-refractivity contribution in [3.05, 3.63) is 72.2 Å². The number of hydrogen-bond donors (Lipinski definition) is 1. The Morgan fingerprint density at radius 1 is 1.15 bits per heavy atom. The summed E-state index contributed by atoms with van der Waals surface area (Å²) in [5.74, 6) is -0.0123. The van der Waals surface area contributed by atoms with Crippen LogP contribution in [-0.4, -0.2) is 57.6 Å². The third kappa shape index (κ3) is 3.23. The highest BCUT2D eigenvalue weighted by Gasteiger charge is 2.29. The zero-order valence-electron chi connectivity index (χ0n) is 14.7. The molecule has 1 fully saturated rings. The topological polar surface area (TPSA) is 65.1 Å². The summed E-state index contributed by atoms with van der Waals surface area (Å²) in [6, 6.07) is 16.1. The van der Waals surface area contributed by atoms with Crippen LogP contribution in [0.25, 0.3) is 11.3 Å². The number of nitrogens with one attached hydrogen (secondary N) is 1. The number of carbonyl (C=O) groups excluding carboxylic acids is 1. The molecule has 0 radical (unpaired) electrons. The van der Waals surface area contributed by atoms with Crippen molar-refractivity contribution in [1.82, 2.24) is 25.0 Å². The lowest BCUT2D eigenvalue weighted by atomic mass is 10.0. The van der Waals surface area contributed by atoms with Crippen LogP contribution in [0.3, 0.4) is 0 Å². The summed E-state index contributed by atoms with van der Waals surface area (Å²) in [4.78, 5) is 21.3. The summed E-state index contributed by atoms with van der Waals surface area (Å²) in [5, 5.41) is 7.16. The largest absolute Gasteiger partial charge is 0.334 e. The first-order valence-corrected chi connectivity index (χ1v) is 8.72. The Balaban J connectivity index is 1.52. The summed E-state index contributed by atoms with van der Waals surface area (Å²) in [7, 11) is 2.11. The average Bonchev–Trinajstić information content (AvgIpc) is 3.19. The van der Waals surface area contributed by atoms with E-state index in [-0.39, 0.29) is 11.9 Å². The van der Waals surface area contributed by atoms with Gasteiger partial charge in [0.15, 0.2) is 0 Å². The van der Waals surface area contributed by atoms with Crippen molar-refractivity contribution in [3.63, 3.8) is 0 Å². The number of H-pyrrole nitrogens is 1. The fourth-order valence-electron chi connectivity index (χ4n) is 3.36. The van der Waals surface area contributed by atoms with Gasteiger partial charge < -0.3 is 4.90 Å². The average molecular weight is 347 g/mol. The molecular weight excluding hydrogens is 326 g/mol. The summed E-state index contributed by atoms with van der Waals surface area (Å²) in [5.41, 5.74) is 3.37. The highest BCUT2D eigenvalue weighted by Crippen LogP contribution is 2.25. The van der Waals surface area contributed by atoms with Gasteiger partial charge in [-0.15, -0.1) is 0 Å². The Hall–Kier alpha value is -2.99. The van der Waals surface area contributed by atoms with E-state index in [1.165, 1.54) is 5.56 Å². The van der Waals surface area contributed by atoms with Crippen LogP contribution in [0.1, 0.15) is 22.1 Å². The van der Waals surface area contributed by atoms with Crippen LogP contribution in [-0.2, 0) is 0 Å². The lowest BCUT2D eigenvalue weighted by Crippen LogP contribution is -2.49. The van der Waals surface area contributed by atoms with Gasteiger partial charge in [0.25, 0.3) is 5.91 Å². The van der Waals surface area contributed by atoms with Gasteiger partial charge in [-0.2, -0.15) is 5.10 Å². The molecule has 26 heavy (non-hydrogen) atoms. The molecule has 6 nitrogen and oxygen atoms in total. The Labute approximate surface area is 152 Å². The quantitative estimate of drug-likeness (QED) is 0.791. The van der Waals surface area contributed by atoms with Gasteiger partial charge in [0.05, 0.1) is 11.7 Å². The molecule has 1 amide bonds. The molecule has 3 heterocycles. The van der Waals surface area contributed by atoms with Gasteiger partial charge in [-0.3, -0.25) is 19.8 Å². The smallest absolute Gasteiger partial charge is 0.271 e. The molecule has 1 saturated heterocycles. The molecule has 1 aliphatic rings. The van der Waals surface area contributed by atoms with Crippen LogP contribution in [0, 0.1) is 0 Å². The fraction of sp³-hybridized carbons (Fsp3) is 0.250. The lowest BCUT2D eigenvalue weighted by molar-refractivity contribution is 0.0540. The normalized spacial score (nSPS) is 18.0. The van der Waals surface area contributed by atoms with Crippen LogP contribution in [0.4, 0.5) is 0 Å². The molecule has 1 aromatic carbocycles. The first-order valence-electron chi connectivity index (χ1n) is 8.72. The van der Waals surface area contributed by atoms with Gasteiger partial charge in [-0.05, 0) is 30.8 Å². The van der Waals surface area contributed by atoms with Crippen molar-refractivity contribution >= 4 is 5.91 Å². The van der Waals surface area contributed by atoms with Gasteiger partial charge in [0.1, 0.15) is 5.69 Å². The maximum absolute atomic E-state index is 12.9. The predicted octanol–water partition coefficient (Wildman–Crippen LogP) is 2.60. The van der Waals surface area contributed by atoms with E-state index < -0.39 is 0 Å². The Bertz CT molecular complexity index is 877. The number of benzene rings is 1. The lowest BCUT2D eigenvalue weighted by Gasteiger charge is -2.39. The van der Waals surface area contributed by atoms with E-state index in [0.717, 1.165) is 17.8 Å². The maximum atomic E-state index is 12.9. The van der Waals surface area contributed by atoms with E-state index in [4.69, 9.17) is 0 Å². The molecule has 2 aromatic heterocycles. The van der Waals surface area contributed by atoms with E-state index in [2.05, 4.69) is 39.3 Å². The first kappa shape index (κ1) is 16.5. The van der Waals surface area contributed by atoms with Crippen molar-refractivity contribution in [3.8, 4) is 11.3 Å². The van der Waals surface area contributed by atoms with E-state index in [1.54, 1.807) is 18.5 Å². The van der Waals surface area contributed by atoms with Crippen LogP contribution in [0.15, 0.2) is 60.9 Å². The summed E-state index contributed by atoms with van der Waals surface area (Å²) < 4.78 is 0.